The lowest BCUT2D eigenvalue weighted by Crippen LogP contribution is -2.37. The number of benzene rings is 1. The van der Waals surface area contributed by atoms with Crippen molar-refractivity contribution in [3.05, 3.63) is 18.2 Å². The maximum atomic E-state index is 5.55. The summed E-state index contributed by atoms with van der Waals surface area (Å²) in [6, 6.07) is 6.94. The molecule has 0 fully saturated rings. The predicted molar refractivity (Wildman–Crippen MR) is 65.3 cm³/mol. The summed E-state index contributed by atoms with van der Waals surface area (Å²) in [7, 11) is 0. The summed E-state index contributed by atoms with van der Waals surface area (Å²) in [5.41, 5.74) is 1.13. The Kier molecular flexibility index (Phi) is 2.95. The second-order valence-corrected chi connectivity index (χ2v) is 4.61. The van der Waals surface area contributed by atoms with Crippen LogP contribution in [-0.4, -0.2) is 18.9 Å². The Bertz CT molecular complexity index is 366. The molecular weight excluding hydrogens is 202 g/mol. The van der Waals surface area contributed by atoms with Gasteiger partial charge in [0.1, 0.15) is 0 Å². The Balaban J connectivity index is 2.42. The molecule has 1 heterocycles. The van der Waals surface area contributed by atoms with Gasteiger partial charge in [-0.15, -0.1) is 0 Å². The smallest absolute Gasteiger partial charge is 0.231 e. The van der Waals surface area contributed by atoms with E-state index in [-0.39, 0.29) is 0 Å². The van der Waals surface area contributed by atoms with Crippen LogP contribution < -0.4 is 14.4 Å². The normalized spacial score (nSPS) is 13.6. The molecule has 0 spiro atoms. The van der Waals surface area contributed by atoms with E-state index in [1.807, 2.05) is 12.1 Å². The van der Waals surface area contributed by atoms with Gasteiger partial charge in [-0.3, -0.25) is 0 Å². The third-order valence-corrected chi connectivity index (χ3v) is 2.77. The zero-order valence-corrected chi connectivity index (χ0v) is 10.4. The van der Waals surface area contributed by atoms with Crippen LogP contribution in [0.25, 0.3) is 0 Å². The molecule has 0 N–H and O–H groups in total. The maximum Gasteiger partial charge on any atom is 0.231 e. The van der Waals surface area contributed by atoms with Crippen molar-refractivity contribution in [3.8, 4) is 11.5 Å². The van der Waals surface area contributed by atoms with Gasteiger partial charge in [0.05, 0.1) is 5.69 Å². The number of nitrogens with zero attached hydrogens (tertiary/aromatic N) is 1. The van der Waals surface area contributed by atoms with Crippen LogP contribution in [0, 0.1) is 0 Å². The molecule has 3 heteroatoms. The van der Waals surface area contributed by atoms with E-state index in [0.29, 0.717) is 18.9 Å². The first-order valence-corrected chi connectivity index (χ1v) is 5.78. The second kappa shape index (κ2) is 4.24. The van der Waals surface area contributed by atoms with Crippen molar-refractivity contribution < 1.29 is 9.47 Å². The summed E-state index contributed by atoms with van der Waals surface area (Å²) < 4.78 is 10.9. The topological polar surface area (TPSA) is 21.7 Å². The lowest BCUT2D eigenvalue weighted by Gasteiger charge is -2.33. The molecule has 0 saturated heterocycles. The molecule has 1 aliphatic rings. The highest BCUT2D eigenvalue weighted by Crippen LogP contribution is 2.42. The van der Waals surface area contributed by atoms with Gasteiger partial charge in [0.15, 0.2) is 11.5 Å². The first kappa shape index (κ1) is 11.1. The molecule has 0 saturated carbocycles. The van der Waals surface area contributed by atoms with Crippen molar-refractivity contribution in [1.29, 1.82) is 0 Å². The van der Waals surface area contributed by atoms with E-state index in [9.17, 15) is 0 Å². The standard InChI is InChI=1S/C13H19NO2/c1-9(2)14(10(3)4)11-6-5-7-12-13(11)16-8-15-12/h5-7,9-10H,8H2,1-4H3. The largest absolute Gasteiger partial charge is 0.454 e. The van der Waals surface area contributed by atoms with Gasteiger partial charge in [-0.25, -0.2) is 0 Å². The van der Waals surface area contributed by atoms with Gasteiger partial charge in [-0.05, 0) is 39.8 Å². The lowest BCUT2D eigenvalue weighted by atomic mass is 10.1. The summed E-state index contributed by atoms with van der Waals surface area (Å²) in [6.07, 6.45) is 0. The van der Waals surface area contributed by atoms with Gasteiger partial charge < -0.3 is 14.4 Å². The molecular formula is C13H19NO2. The molecule has 1 aromatic carbocycles. The quantitative estimate of drug-likeness (QED) is 0.783. The lowest BCUT2D eigenvalue weighted by molar-refractivity contribution is 0.174. The van der Waals surface area contributed by atoms with Crippen LogP contribution in [-0.2, 0) is 0 Å². The van der Waals surface area contributed by atoms with Gasteiger partial charge >= 0.3 is 0 Å². The zero-order chi connectivity index (χ0) is 11.7. The van der Waals surface area contributed by atoms with Crippen LogP contribution in [0.1, 0.15) is 27.7 Å². The summed E-state index contributed by atoms with van der Waals surface area (Å²) in [4.78, 5) is 2.34. The minimum absolute atomic E-state index is 0.330. The van der Waals surface area contributed by atoms with E-state index in [2.05, 4.69) is 38.7 Å². The van der Waals surface area contributed by atoms with E-state index in [1.165, 1.54) is 0 Å². The average molecular weight is 221 g/mol. The maximum absolute atomic E-state index is 5.55. The Hall–Kier alpha value is -1.38. The minimum Gasteiger partial charge on any atom is -0.454 e. The van der Waals surface area contributed by atoms with Crippen molar-refractivity contribution in [1.82, 2.24) is 0 Å². The Morgan fingerprint density at radius 1 is 1.06 bits per heavy atom. The number of ether oxygens (including phenoxy) is 2. The van der Waals surface area contributed by atoms with E-state index in [0.717, 1.165) is 17.2 Å². The third-order valence-electron chi connectivity index (χ3n) is 2.77. The third kappa shape index (κ3) is 1.82. The van der Waals surface area contributed by atoms with Gasteiger partial charge in [0.2, 0.25) is 6.79 Å². The fourth-order valence-corrected chi connectivity index (χ4v) is 2.27. The minimum atomic E-state index is 0.330. The van der Waals surface area contributed by atoms with E-state index >= 15 is 0 Å². The predicted octanol–water partition coefficient (Wildman–Crippen LogP) is 3.04. The Morgan fingerprint density at radius 2 is 1.75 bits per heavy atom. The van der Waals surface area contributed by atoms with Crippen molar-refractivity contribution in [3.63, 3.8) is 0 Å². The van der Waals surface area contributed by atoms with Crippen molar-refractivity contribution in [2.45, 2.75) is 39.8 Å². The zero-order valence-electron chi connectivity index (χ0n) is 10.4. The number of hydrogen-bond acceptors (Lipinski definition) is 3. The van der Waals surface area contributed by atoms with Crippen LogP contribution in [0.4, 0.5) is 5.69 Å². The van der Waals surface area contributed by atoms with Gasteiger partial charge in [0, 0.05) is 12.1 Å². The molecule has 0 amide bonds. The first-order valence-electron chi connectivity index (χ1n) is 5.78. The van der Waals surface area contributed by atoms with E-state index in [4.69, 9.17) is 9.47 Å². The van der Waals surface area contributed by atoms with Crippen LogP contribution >= 0.6 is 0 Å². The summed E-state index contributed by atoms with van der Waals surface area (Å²) in [5.74, 6) is 1.73. The molecule has 1 aromatic rings. The molecule has 1 aliphatic heterocycles. The molecule has 0 aliphatic carbocycles. The second-order valence-electron chi connectivity index (χ2n) is 4.61. The number of fused-ring (bicyclic) bond motifs is 1. The average Bonchev–Trinajstić information content (AvgIpc) is 2.65. The molecule has 0 bridgehead atoms. The molecule has 2 rings (SSSR count). The highest BCUT2D eigenvalue weighted by Gasteiger charge is 2.24. The molecule has 3 nitrogen and oxygen atoms in total. The monoisotopic (exact) mass is 221 g/mol. The van der Waals surface area contributed by atoms with Crippen molar-refractivity contribution >= 4 is 5.69 Å². The molecule has 0 unspecified atom stereocenters. The summed E-state index contributed by atoms with van der Waals surface area (Å²) in [5, 5.41) is 0. The highest BCUT2D eigenvalue weighted by atomic mass is 16.7. The number of anilines is 1. The van der Waals surface area contributed by atoms with Crippen LogP contribution in [0.2, 0.25) is 0 Å². The van der Waals surface area contributed by atoms with Gasteiger partial charge in [0.25, 0.3) is 0 Å². The first-order chi connectivity index (χ1) is 7.61. The number of hydrogen-bond donors (Lipinski definition) is 0. The van der Waals surface area contributed by atoms with Gasteiger partial charge in [-0.2, -0.15) is 0 Å². The fourth-order valence-electron chi connectivity index (χ4n) is 2.27. The summed E-state index contributed by atoms with van der Waals surface area (Å²) in [6.45, 7) is 9.09. The molecule has 88 valence electrons. The molecule has 0 atom stereocenters. The van der Waals surface area contributed by atoms with Crippen LogP contribution in [0.3, 0.4) is 0 Å². The SMILES string of the molecule is CC(C)N(c1cccc2c1OCO2)C(C)C. The van der Waals surface area contributed by atoms with Crippen molar-refractivity contribution in [2.75, 3.05) is 11.7 Å². The number of rotatable bonds is 3. The highest BCUT2D eigenvalue weighted by molar-refractivity contribution is 5.66. The van der Waals surface area contributed by atoms with Crippen LogP contribution in [0.15, 0.2) is 18.2 Å². The van der Waals surface area contributed by atoms with E-state index in [1.54, 1.807) is 0 Å². The Morgan fingerprint density at radius 3 is 2.38 bits per heavy atom. The molecule has 0 radical (unpaired) electrons. The van der Waals surface area contributed by atoms with Gasteiger partial charge in [-0.1, -0.05) is 6.07 Å². The van der Waals surface area contributed by atoms with Crippen LogP contribution in [0.5, 0.6) is 11.5 Å². The molecule has 0 aromatic heterocycles. The summed E-state index contributed by atoms with van der Waals surface area (Å²) >= 11 is 0. The number of para-hydroxylation sites is 1. The Labute approximate surface area is 97.0 Å². The van der Waals surface area contributed by atoms with Crippen molar-refractivity contribution in [2.24, 2.45) is 0 Å². The molecule has 16 heavy (non-hydrogen) atoms. The fraction of sp³-hybridized carbons (Fsp3) is 0.538. The van der Waals surface area contributed by atoms with E-state index < -0.39 is 0 Å².